The van der Waals surface area contributed by atoms with Crippen LogP contribution in [-0.2, 0) is 7.05 Å². The zero-order valence-corrected chi connectivity index (χ0v) is 17.1. The second-order valence-electron chi connectivity index (χ2n) is 7.08. The number of pyridine rings is 1. The minimum Gasteiger partial charge on any atom is -0.463 e. The number of carbonyl (C=O) groups is 1. The first-order valence-electron chi connectivity index (χ1n) is 9.60. The molecule has 0 aliphatic rings. The highest BCUT2D eigenvalue weighted by molar-refractivity contribution is 6.14. The number of furan rings is 1. The molecular formula is C22H18N6O3. The Kier molecular flexibility index (Phi) is 4.36. The molecule has 0 radical (unpaired) electrons. The number of amides is 1. The van der Waals surface area contributed by atoms with Crippen LogP contribution in [0.1, 0.15) is 21.9 Å². The van der Waals surface area contributed by atoms with Gasteiger partial charge in [0.15, 0.2) is 11.4 Å². The number of benzene rings is 1. The normalized spacial score (nSPS) is 11.2. The number of carbonyl (C=O) groups excluding carboxylic acids is 1. The lowest BCUT2D eigenvalue weighted by atomic mass is 10.1. The first kappa shape index (κ1) is 18.7. The highest BCUT2D eigenvalue weighted by Crippen LogP contribution is 2.30. The molecule has 9 nitrogen and oxygen atoms in total. The fourth-order valence-corrected chi connectivity index (χ4v) is 3.56. The van der Waals surface area contributed by atoms with Gasteiger partial charge < -0.3 is 14.3 Å². The monoisotopic (exact) mass is 414 g/mol. The largest absolute Gasteiger partial charge is 0.463 e. The summed E-state index contributed by atoms with van der Waals surface area (Å²) in [5.41, 5.74) is 3.53. The Balaban J connectivity index is 1.61. The predicted octanol–water partition coefficient (Wildman–Crippen LogP) is 4.15. The van der Waals surface area contributed by atoms with Crippen LogP contribution in [0.2, 0.25) is 0 Å². The molecule has 31 heavy (non-hydrogen) atoms. The number of aryl methyl sites for hydroxylation is 3. The standard InChI is InChI=1S/C22H18N6O3/c1-12-19-15(11-17(18-9-6-10-30-18)24-21(19)28(3)26-12)22(29)25-16-8-5-4-7-14(16)20-23-13(2)31-27-20/h4-11H,1-3H3,(H,25,29). The van der Waals surface area contributed by atoms with E-state index < -0.39 is 0 Å². The summed E-state index contributed by atoms with van der Waals surface area (Å²) in [7, 11) is 1.80. The van der Waals surface area contributed by atoms with Crippen molar-refractivity contribution in [3.05, 3.63) is 65.9 Å². The Bertz CT molecular complexity index is 1410. The van der Waals surface area contributed by atoms with Crippen molar-refractivity contribution in [1.82, 2.24) is 24.9 Å². The molecule has 0 aliphatic carbocycles. The zero-order chi connectivity index (χ0) is 21.5. The number of rotatable bonds is 4. The molecule has 0 saturated carbocycles. The summed E-state index contributed by atoms with van der Waals surface area (Å²) in [6, 6.07) is 12.6. The highest BCUT2D eigenvalue weighted by atomic mass is 16.5. The molecule has 1 amide bonds. The SMILES string of the molecule is Cc1nc(-c2ccccc2NC(=O)c2cc(-c3ccco3)nc3c2c(C)nn3C)no1. The Hall–Kier alpha value is -4.27. The quantitative estimate of drug-likeness (QED) is 0.470. The Morgan fingerprint density at radius 1 is 1.10 bits per heavy atom. The van der Waals surface area contributed by atoms with E-state index >= 15 is 0 Å². The molecule has 5 rings (SSSR count). The van der Waals surface area contributed by atoms with Gasteiger partial charge in [-0.25, -0.2) is 4.98 Å². The minimum absolute atomic E-state index is 0.302. The van der Waals surface area contributed by atoms with Crippen molar-refractivity contribution >= 4 is 22.6 Å². The smallest absolute Gasteiger partial charge is 0.256 e. The van der Waals surface area contributed by atoms with Gasteiger partial charge in [0.25, 0.3) is 5.91 Å². The maximum absolute atomic E-state index is 13.4. The van der Waals surface area contributed by atoms with Gasteiger partial charge in [-0.1, -0.05) is 17.3 Å². The molecule has 0 fully saturated rings. The second-order valence-corrected chi connectivity index (χ2v) is 7.08. The van der Waals surface area contributed by atoms with Crippen LogP contribution in [-0.4, -0.2) is 30.8 Å². The Morgan fingerprint density at radius 3 is 2.68 bits per heavy atom. The number of aromatic nitrogens is 5. The summed E-state index contributed by atoms with van der Waals surface area (Å²) in [6.45, 7) is 3.57. The summed E-state index contributed by atoms with van der Waals surface area (Å²) >= 11 is 0. The van der Waals surface area contributed by atoms with Gasteiger partial charge in [0.1, 0.15) is 5.69 Å². The molecule has 0 atom stereocenters. The number of anilines is 1. The third-order valence-electron chi connectivity index (χ3n) is 4.93. The topological polar surface area (TPSA) is 112 Å². The van der Waals surface area contributed by atoms with Crippen molar-refractivity contribution in [2.75, 3.05) is 5.32 Å². The van der Waals surface area contributed by atoms with Crippen LogP contribution in [0.5, 0.6) is 0 Å². The molecule has 0 aliphatic heterocycles. The van der Waals surface area contributed by atoms with Crippen LogP contribution in [0, 0.1) is 13.8 Å². The number of fused-ring (bicyclic) bond motifs is 1. The van der Waals surface area contributed by atoms with Gasteiger partial charge in [-0.2, -0.15) is 10.1 Å². The van der Waals surface area contributed by atoms with E-state index in [-0.39, 0.29) is 5.91 Å². The molecule has 9 heteroatoms. The molecule has 5 aromatic rings. The third kappa shape index (κ3) is 3.25. The summed E-state index contributed by atoms with van der Waals surface area (Å²) in [5, 5.41) is 12.1. The molecular weight excluding hydrogens is 396 g/mol. The van der Waals surface area contributed by atoms with E-state index in [1.54, 1.807) is 49.2 Å². The van der Waals surface area contributed by atoms with E-state index in [0.717, 1.165) is 0 Å². The molecule has 0 spiro atoms. The van der Waals surface area contributed by atoms with Crippen LogP contribution in [0.25, 0.3) is 33.9 Å². The Morgan fingerprint density at radius 2 is 1.94 bits per heavy atom. The number of hydrogen-bond donors (Lipinski definition) is 1. The fourth-order valence-electron chi connectivity index (χ4n) is 3.56. The van der Waals surface area contributed by atoms with Gasteiger partial charge in [0.2, 0.25) is 11.7 Å². The average molecular weight is 414 g/mol. The van der Waals surface area contributed by atoms with Gasteiger partial charge in [-0.05, 0) is 37.3 Å². The molecule has 154 valence electrons. The molecule has 4 heterocycles. The maximum atomic E-state index is 13.4. The van der Waals surface area contributed by atoms with Gasteiger partial charge >= 0.3 is 0 Å². The van der Waals surface area contributed by atoms with Crippen LogP contribution >= 0.6 is 0 Å². The van der Waals surface area contributed by atoms with E-state index in [2.05, 4.69) is 25.5 Å². The van der Waals surface area contributed by atoms with Crippen molar-refractivity contribution in [1.29, 1.82) is 0 Å². The van der Waals surface area contributed by atoms with E-state index in [4.69, 9.17) is 8.94 Å². The van der Waals surface area contributed by atoms with Crippen molar-refractivity contribution < 1.29 is 13.7 Å². The van der Waals surface area contributed by atoms with E-state index in [1.807, 2.05) is 25.1 Å². The first-order chi connectivity index (χ1) is 15.0. The van der Waals surface area contributed by atoms with Crippen molar-refractivity contribution in [3.8, 4) is 22.8 Å². The van der Waals surface area contributed by atoms with Gasteiger partial charge in [0, 0.05) is 19.5 Å². The minimum atomic E-state index is -0.302. The average Bonchev–Trinajstić information content (AvgIpc) is 3.50. The number of para-hydroxylation sites is 1. The third-order valence-corrected chi connectivity index (χ3v) is 4.93. The molecule has 4 aromatic heterocycles. The summed E-state index contributed by atoms with van der Waals surface area (Å²) < 4.78 is 12.2. The first-order valence-corrected chi connectivity index (χ1v) is 9.60. The number of nitrogens with zero attached hydrogens (tertiary/aromatic N) is 5. The summed E-state index contributed by atoms with van der Waals surface area (Å²) in [5.74, 6) is 1.12. The van der Waals surface area contributed by atoms with Crippen LogP contribution < -0.4 is 5.32 Å². The lowest BCUT2D eigenvalue weighted by molar-refractivity contribution is 0.102. The van der Waals surface area contributed by atoms with Crippen molar-refractivity contribution in [2.45, 2.75) is 13.8 Å². The lowest BCUT2D eigenvalue weighted by Crippen LogP contribution is -2.14. The number of hydrogen-bond acceptors (Lipinski definition) is 7. The van der Waals surface area contributed by atoms with Crippen LogP contribution in [0.15, 0.2) is 57.7 Å². The lowest BCUT2D eigenvalue weighted by Gasteiger charge is -2.11. The van der Waals surface area contributed by atoms with E-state index in [9.17, 15) is 4.79 Å². The number of nitrogens with one attached hydrogen (secondary N) is 1. The van der Waals surface area contributed by atoms with E-state index in [1.165, 1.54) is 0 Å². The van der Waals surface area contributed by atoms with Gasteiger partial charge in [-0.15, -0.1) is 0 Å². The molecule has 0 bridgehead atoms. The van der Waals surface area contributed by atoms with Crippen LogP contribution in [0.4, 0.5) is 5.69 Å². The summed E-state index contributed by atoms with van der Waals surface area (Å²) in [6.07, 6.45) is 1.57. The molecule has 1 N–H and O–H groups in total. The zero-order valence-electron chi connectivity index (χ0n) is 17.1. The molecule has 0 saturated heterocycles. The highest BCUT2D eigenvalue weighted by Gasteiger charge is 2.21. The van der Waals surface area contributed by atoms with Crippen LogP contribution in [0.3, 0.4) is 0 Å². The second kappa shape index (κ2) is 7.21. The predicted molar refractivity (Wildman–Crippen MR) is 113 cm³/mol. The Labute approximate surface area is 176 Å². The molecule has 1 aromatic carbocycles. The fraction of sp³-hybridized carbons (Fsp3) is 0.136. The molecule has 0 unspecified atom stereocenters. The van der Waals surface area contributed by atoms with Gasteiger partial charge in [0.05, 0.1) is 28.6 Å². The summed E-state index contributed by atoms with van der Waals surface area (Å²) in [4.78, 5) is 22.4. The van der Waals surface area contributed by atoms with Crippen molar-refractivity contribution in [3.63, 3.8) is 0 Å². The van der Waals surface area contributed by atoms with E-state index in [0.29, 0.717) is 56.7 Å². The van der Waals surface area contributed by atoms with Crippen molar-refractivity contribution in [2.24, 2.45) is 7.05 Å². The van der Waals surface area contributed by atoms with Gasteiger partial charge in [-0.3, -0.25) is 9.48 Å². The maximum Gasteiger partial charge on any atom is 0.256 e.